The average molecular weight is 365 g/mol. The number of ether oxygens (including phenoxy) is 1. The minimum atomic E-state index is -0.286. The predicted octanol–water partition coefficient (Wildman–Crippen LogP) is 4.96. The van der Waals surface area contributed by atoms with Gasteiger partial charge in [0.25, 0.3) is 5.91 Å². The van der Waals surface area contributed by atoms with Gasteiger partial charge in [-0.2, -0.15) is 0 Å². The first kappa shape index (κ1) is 19.0. The Balaban J connectivity index is 1.88. The van der Waals surface area contributed by atoms with E-state index in [1.54, 1.807) is 12.0 Å². The molecule has 1 aliphatic heterocycles. The molecule has 0 fully saturated rings. The summed E-state index contributed by atoms with van der Waals surface area (Å²) in [5, 5.41) is 10.6. The first-order chi connectivity index (χ1) is 13.2. The number of benzene rings is 2. The second kappa shape index (κ2) is 8.76. The predicted molar refractivity (Wildman–Crippen MR) is 107 cm³/mol. The van der Waals surface area contributed by atoms with E-state index >= 15 is 0 Å². The number of aliphatic hydroxyl groups is 1. The van der Waals surface area contributed by atoms with Gasteiger partial charge in [-0.3, -0.25) is 4.79 Å². The molecule has 0 spiro atoms. The molecule has 1 amide bonds. The minimum absolute atomic E-state index is 0.103. The van der Waals surface area contributed by atoms with Gasteiger partial charge < -0.3 is 14.7 Å². The Morgan fingerprint density at radius 2 is 1.74 bits per heavy atom. The Labute approximate surface area is 161 Å². The highest BCUT2D eigenvalue weighted by Gasteiger charge is 2.39. The zero-order valence-corrected chi connectivity index (χ0v) is 16.0. The topological polar surface area (TPSA) is 49.8 Å². The van der Waals surface area contributed by atoms with E-state index in [9.17, 15) is 9.90 Å². The molecule has 0 aliphatic carbocycles. The van der Waals surface area contributed by atoms with Crippen molar-refractivity contribution in [3.8, 4) is 5.75 Å². The molecule has 1 N–H and O–H groups in total. The fourth-order valence-corrected chi connectivity index (χ4v) is 3.65. The van der Waals surface area contributed by atoms with Crippen LogP contribution in [0.5, 0.6) is 5.75 Å². The second-order valence-electron chi connectivity index (χ2n) is 6.92. The third-order valence-electron chi connectivity index (χ3n) is 5.11. The molecule has 0 saturated heterocycles. The molecular weight excluding hydrogens is 338 g/mol. The van der Waals surface area contributed by atoms with Crippen LogP contribution >= 0.6 is 0 Å². The molecular formula is C23H27NO3. The Kier molecular flexibility index (Phi) is 6.17. The van der Waals surface area contributed by atoms with Gasteiger partial charge >= 0.3 is 0 Å². The van der Waals surface area contributed by atoms with E-state index in [4.69, 9.17) is 4.74 Å². The molecule has 3 rings (SSSR count). The number of carbonyl (C=O) groups excluding carboxylic acids is 1. The van der Waals surface area contributed by atoms with Crippen LogP contribution in [0, 0.1) is 0 Å². The lowest BCUT2D eigenvalue weighted by atomic mass is 9.95. The Morgan fingerprint density at radius 3 is 2.37 bits per heavy atom. The van der Waals surface area contributed by atoms with Gasteiger partial charge in [-0.05, 0) is 29.7 Å². The van der Waals surface area contributed by atoms with Gasteiger partial charge in [0.15, 0.2) is 5.76 Å². The number of amides is 1. The molecule has 0 aromatic heterocycles. The van der Waals surface area contributed by atoms with Crippen molar-refractivity contribution in [1.82, 2.24) is 4.90 Å². The maximum absolute atomic E-state index is 12.9. The van der Waals surface area contributed by atoms with Crippen molar-refractivity contribution in [3.05, 3.63) is 71.5 Å². The van der Waals surface area contributed by atoms with Crippen molar-refractivity contribution in [3.63, 3.8) is 0 Å². The molecule has 0 bridgehead atoms. The van der Waals surface area contributed by atoms with E-state index in [2.05, 4.69) is 6.92 Å². The van der Waals surface area contributed by atoms with Crippen LogP contribution in [-0.4, -0.2) is 29.1 Å². The molecule has 1 aliphatic rings. The summed E-state index contributed by atoms with van der Waals surface area (Å²) in [5.41, 5.74) is 2.69. The van der Waals surface area contributed by atoms with Crippen LogP contribution in [0.25, 0.3) is 5.57 Å². The lowest BCUT2D eigenvalue weighted by Crippen LogP contribution is -2.35. The van der Waals surface area contributed by atoms with E-state index in [0.717, 1.165) is 48.1 Å². The van der Waals surface area contributed by atoms with Crippen LogP contribution in [0.15, 0.2) is 60.4 Å². The fourth-order valence-electron chi connectivity index (χ4n) is 3.65. The minimum Gasteiger partial charge on any atom is -0.503 e. The summed E-state index contributed by atoms with van der Waals surface area (Å²) < 4.78 is 5.21. The number of hydrogen-bond donors (Lipinski definition) is 1. The lowest BCUT2D eigenvalue weighted by molar-refractivity contribution is -0.130. The number of hydrogen-bond acceptors (Lipinski definition) is 3. The zero-order valence-electron chi connectivity index (χ0n) is 16.0. The summed E-state index contributed by atoms with van der Waals surface area (Å²) >= 11 is 0. The highest BCUT2D eigenvalue weighted by molar-refractivity contribution is 6.05. The van der Waals surface area contributed by atoms with Gasteiger partial charge in [-0.1, -0.05) is 68.7 Å². The molecule has 0 radical (unpaired) electrons. The highest BCUT2D eigenvalue weighted by atomic mass is 16.5. The quantitative estimate of drug-likeness (QED) is 0.673. The smallest absolute Gasteiger partial charge is 0.289 e. The summed E-state index contributed by atoms with van der Waals surface area (Å²) in [7, 11) is 1.64. The molecule has 4 nitrogen and oxygen atoms in total. The average Bonchev–Trinajstić information content (AvgIpc) is 2.94. The number of carbonyl (C=O) groups is 1. The summed E-state index contributed by atoms with van der Waals surface area (Å²) in [5.74, 6) is 0.388. The number of rotatable bonds is 8. The monoisotopic (exact) mass is 365 g/mol. The summed E-state index contributed by atoms with van der Waals surface area (Å²) in [6, 6.07) is 17.4. The zero-order chi connectivity index (χ0) is 19.2. The Morgan fingerprint density at radius 1 is 1.04 bits per heavy atom. The standard InChI is InChI=1S/C23H27NO3/c1-3-4-6-11-20-21(18-9-7-5-8-10-18)22(25)23(26)24(20)16-17-12-14-19(27-2)15-13-17/h5,7-10,12-15,20,25H,3-4,6,11,16H2,1-2H3. The molecule has 0 saturated carbocycles. The van der Waals surface area contributed by atoms with Crippen LogP contribution in [0.2, 0.25) is 0 Å². The van der Waals surface area contributed by atoms with Crippen molar-refractivity contribution in [2.45, 2.75) is 45.2 Å². The molecule has 1 unspecified atom stereocenters. The molecule has 27 heavy (non-hydrogen) atoms. The van der Waals surface area contributed by atoms with Gasteiger partial charge in [-0.25, -0.2) is 0 Å². The molecule has 1 atom stereocenters. The van der Waals surface area contributed by atoms with Crippen LogP contribution in [0.3, 0.4) is 0 Å². The second-order valence-corrected chi connectivity index (χ2v) is 6.92. The van der Waals surface area contributed by atoms with E-state index in [0.29, 0.717) is 6.54 Å². The van der Waals surface area contributed by atoms with Crippen molar-refractivity contribution in [2.24, 2.45) is 0 Å². The van der Waals surface area contributed by atoms with Gasteiger partial charge in [0.2, 0.25) is 0 Å². The number of nitrogens with zero attached hydrogens (tertiary/aromatic N) is 1. The maximum Gasteiger partial charge on any atom is 0.289 e. The Hall–Kier alpha value is -2.75. The van der Waals surface area contributed by atoms with Crippen molar-refractivity contribution in [1.29, 1.82) is 0 Å². The van der Waals surface area contributed by atoms with Crippen molar-refractivity contribution in [2.75, 3.05) is 7.11 Å². The third-order valence-corrected chi connectivity index (χ3v) is 5.11. The van der Waals surface area contributed by atoms with Gasteiger partial charge in [0.05, 0.1) is 13.2 Å². The van der Waals surface area contributed by atoms with E-state index in [1.165, 1.54) is 0 Å². The van der Waals surface area contributed by atoms with Crippen LogP contribution in [0.4, 0.5) is 0 Å². The Bertz CT molecular complexity index is 796. The normalized spacial score (nSPS) is 16.9. The SMILES string of the molecule is CCCCCC1C(c2ccccc2)=C(O)C(=O)N1Cc1ccc(OC)cc1. The largest absolute Gasteiger partial charge is 0.503 e. The van der Waals surface area contributed by atoms with Gasteiger partial charge in [0, 0.05) is 12.1 Å². The van der Waals surface area contributed by atoms with Crippen LogP contribution < -0.4 is 4.74 Å². The molecule has 2 aromatic carbocycles. The first-order valence-corrected chi connectivity index (χ1v) is 9.58. The van der Waals surface area contributed by atoms with Gasteiger partial charge in [0.1, 0.15) is 5.75 Å². The molecule has 4 heteroatoms. The molecule has 2 aromatic rings. The number of methoxy groups -OCH3 is 1. The molecule has 1 heterocycles. The van der Waals surface area contributed by atoms with E-state index < -0.39 is 0 Å². The molecule has 142 valence electrons. The number of unbranched alkanes of at least 4 members (excludes halogenated alkanes) is 2. The van der Waals surface area contributed by atoms with Crippen molar-refractivity contribution >= 4 is 11.5 Å². The number of aliphatic hydroxyl groups excluding tert-OH is 1. The maximum atomic E-state index is 12.9. The summed E-state index contributed by atoms with van der Waals surface area (Å²) in [4.78, 5) is 14.7. The lowest BCUT2D eigenvalue weighted by Gasteiger charge is -2.27. The van der Waals surface area contributed by atoms with E-state index in [1.807, 2.05) is 54.6 Å². The third kappa shape index (κ3) is 4.16. The highest BCUT2D eigenvalue weighted by Crippen LogP contribution is 2.36. The van der Waals surface area contributed by atoms with Crippen LogP contribution in [-0.2, 0) is 11.3 Å². The fraction of sp³-hybridized carbons (Fsp3) is 0.348. The van der Waals surface area contributed by atoms with E-state index in [-0.39, 0.29) is 17.7 Å². The summed E-state index contributed by atoms with van der Waals surface area (Å²) in [6.07, 6.45) is 4.11. The van der Waals surface area contributed by atoms with Crippen LogP contribution in [0.1, 0.15) is 43.7 Å². The first-order valence-electron chi connectivity index (χ1n) is 9.58. The summed E-state index contributed by atoms with van der Waals surface area (Å²) in [6.45, 7) is 2.64. The van der Waals surface area contributed by atoms with Crippen molar-refractivity contribution < 1.29 is 14.6 Å². The van der Waals surface area contributed by atoms with Gasteiger partial charge in [-0.15, -0.1) is 0 Å².